The molecule has 0 unspecified atom stereocenters. The second kappa shape index (κ2) is 7.94. The summed E-state index contributed by atoms with van der Waals surface area (Å²) < 4.78 is 5.52. The van der Waals surface area contributed by atoms with Crippen molar-refractivity contribution in [1.82, 2.24) is 4.90 Å². The number of anilines is 1. The van der Waals surface area contributed by atoms with Gasteiger partial charge in [-0.15, -0.1) is 0 Å². The number of hydrogen-bond acceptors (Lipinski definition) is 4. The van der Waals surface area contributed by atoms with Crippen LogP contribution in [-0.4, -0.2) is 42.8 Å². The molecule has 2 aromatic rings. The molecule has 0 saturated heterocycles. The lowest BCUT2D eigenvalue weighted by atomic mass is 9.96. The lowest BCUT2D eigenvalue weighted by Gasteiger charge is -2.32. The van der Waals surface area contributed by atoms with Crippen molar-refractivity contribution in [3.8, 4) is 5.75 Å². The predicted octanol–water partition coefficient (Wildman–Crippen LogP) is 3.67. The van der Waals surface area contributed by atoms with Crippen molar-refractivity contribution in [3.05, 3.63) is 58.1 Å². The summed E-state index contributed by atoms with van der Waals surface area (Å²) in [6.07, 6.45) is 2.54. The first kappa shape index (κ1) is 20.1. The van der Waals surface area contributed by atoms with Gasteiger partial charge < -0.3 is 9.64 Å². The number of aryl methyl sites for hydroxylation is 2. The fourth-order valence-electron chi connectivity index (χ4n) is 4.40. The molecule has 6 nitrogen and oxygen atoms in total. The van der Waals surface area contributed by atoms with Crippen molar-refractivity contribution >= 4 is 23.4 Å². The SMILES string of the molecule is COc1ccc(C)c2c1N(C(=O)CCCN1C(=O)c3ccc(C)cc3C1=O)CCC2. The first-order valence-electron chi connectivity index (χ1n) is 10.4. The number of nitrogens with zero attached hydrogens (tertiary/aromatic N) is 2. The zero-order valence-electron chi connectivity index (χ0n) is 17.7. The zero-order chi connectivity index (χ0) is 21.4. The molecule has 0 spiro atoms. The minimum atomic E-state index is -0.275. The van der Waals surface area contributed by atoms with Crippen molar-refractivity contribution < 1.29 is 19.1 Å². The molecule has 0 aromatic heterocycles. The summed E-state index contributed by atoms with van der Waals surface area (Å²) in [5, 5.41) is 0. The van der Waals surface area contributed by atoms with E-state index in [0.29, 0.717) is 29.8 Å². The van der Waals surface area contributed by atoms with Crippen LogP contribution in [0.5, 0.6) is 5.75 Å². The molecule has 156 valence electrons. The van der Waals surface area contributed by atoms with Crippen LogP contribution in [-0.2, 0) is 11.2 Å². The lowest BCUT2D eigenvalue weighted by molar-refractivity contribution is -0.118. The van der Waals surface area contributed by atoms with Gasteiger partial charge in [-0.2, -0.15) is 0 Å². The standard InChI is InChI=1S/C24H26N2O4/c1-15-8-10-18-19(14-15)24(29)26(23(18)28)13-5-7-21(27)25-12-4-6-17-16(2)9-11-20(30-3)22(17)25/h8-11,14H,4-7,12-13H2,1-3H3. The van der Waals surface area contributed by atoms with Crippen LogP contribution in [0.25, 0.3) is 0 Å². The van der Waals surface area contributed by atoms with E-state index in [1.165, 1.54) is 4.90 Å². The summed E-state index contributed by atoms with van der Waals surface area (Å²) in [5.74, 6) is 0.154. The number of amides is 3. The molecule has 0 atom stereocenters. The van der Waals surface area contributed by atoms with Crippen molar-refractivity contribution in [1.29, 1.82) is 0 Å². The summed E-state index contributed by atoms with van der Waals surface area (Å²) >= 11 is 0. The number of rotatable bonds is 5. The number of benzene rings is 2. The molecule has 2 aliphatic heterocycles. The predicted molar refractivity (Wildman–Crippen MR) is 114 cm³/mol. The van der Waals surface area contributed by atoms with Crippen molar-refractivity contribution in [2.24, 2.45) is 0 Å². The van der Waals surface area contributed by atoms with Crippen LogP contribution in [0.15, 0.2) is 30.3 Å². The normalized spacial score (nSPS) is 15.3. The molecule has 30 heavy (non-hydrogen) atoms. The Kier molecular flexibility index (Phi) is 5.33. The van der Waals surface area contributed by atoms with E-state index >= 15 is 0 Å². The largest absolute Gasteiger partial charge is 0.495 e. The fourth-order valence-corrected chi connectivity index (χ4v) is 4.40. The van der Waals surface area contributed by atoms with Gasteiger partial charge in [-0.1, -0.05) is 17.7 Å². The average Bonchev–Trinajstić information content (AvgIpc) is 2.98. The summed E-state index contributed by atoms with van der Waals surface area (Å²) in [7, 11) is 1.62. The van der Waals surface area contributed by atoms with Gasteiger partial charge >= 0.3 is 0 Å². The average molecular weight is 406 g/mol. The summed E-state index contributed by atoms with van der Waals surface area (Å²) in [5.41, 5.74) is 5.03. The number of ether oxygens (including phenoxy) is 1. The number of hydrogen-bond donors (Lipinski definition) is 0. The maximum absolute atomic E-state index is 13.0. The van der Waals surface area contributed by atoms with Gasteiger partial charge in [-0.05, 0) is 62.4 Å². The third-order valence-corrected chi connectivity index (χ3v) is 5.98. The highest BCUT2D eigenvalue weighted by Crippen LogP contribution is 2.38. The Labute approximate surface area is 176 Å². The molecule has 0 aliphatic carbocycles. The number of carbonyl (C=O) groups excluding carboxylic acids is 3. The minimum absolute atomic E-state index is 0.00713. The van der Waals surface area contributed by atoms with E-state index in [2.05, 4.69) is 6.92 Å². The molecule has 3 amide bonds. The van der Waals surface area contributed by atoms with Gasteiger partial charge in [0.2, 0.25) is 5.91 Å². The van der Waals surface area contributed by atoms with E-state index in [1.54, 1.807) is 24.1 Å². The highest BCUT2D eigenvalue weighted by Gasteiger charge is 2.35. The van der Waals surface area contributed by atoms with E-state index in [0.717, 1.165) is 35.2 Å². The monoisotopic (exact) mass is 406 g/mol. The Bertz CT molecular complexity index is 1040. The van der Waals surface area contributed by atoms with Gasteiger partial charge in [0.25, 0.3) is 11.8 Å². The van der Waals surface area contributed by atoms with Crippen molar-refractivity contribution in [3.63, 3.8) is 0 Å². The number of carbonyl (C=O) groups is 3. The second-order valence-corrected chi connectivity index (χ2v) is 7.98. The smallest absolute Gasteiger partial charge is 0.261 e. The Morgan fingerprint density at radius 1 is 1.07 bits per heavy atom. The van der Waals surface area contributed by atoms with Gasteiger partial charge in [0.1, 0.15) is 5.75 Å². The van der Waals surface area contributed by atoms with Crippen LogP contribution < -0.4 is 9.64 Å². The summed E-state index contributed by atoms with van der Waals surface area (Å²) in [6.45, 7) is 4.84. The second-order valence-electron chi connectivity index (χ2n) is 7.98. The van der Waals surface area contributed by atoms with Gasteiger partial charge in [0.15, 0.2) is 0 Å². The number of fused-ring (bicyclic) bond motifs is 2. The molecule has 0 radical (unpaired) electrons. The Morgan fingerprint density at radius 3 is 2.60 bits per heavy atom. The first-order valence-corrected chi connectivity index (χ1v) is 10.4. The number of methoxy groups -OCH3 is 1. The topological polar surface area (TPSA) is 66.9 Å². The minimum Gasteiger partial charge on any atom is -0.495 e. The lowest BCUT2D eigenvalue weighted by Crippen LogP contribution is -2.37. The van der Waals surface area contributed by atoms with Crippen LogP contribution in [0.2, 0.25) is 0 Å². The fraction of sp³-hybridized carbons (Fsp3) is 0.375. The van der Waals surface area contributed by atoms with E-state index < -0.39 is 0 Å². The van der Waals surface area contributed by atoms with E-state index in [4.69, 9.17) is 4.74 Å². The zero-order valence-corrected chi connectivity index (χ0v) is 17.7. The van der Waals surface area contributed by atoms with Crippen LogP contribution in [0.1, 0.15) is 56.7 Å². The third-order valence-electron chi connectivity index (χ3n) is 5.98. The summed E-state index contributed by atoms with van der Waals surface area (Å²) in [4.78, 5) is 41.3. The van der Waals surface area contributed by atoms with Crippen molar-refractivity contribution in [2.75, 3.05) is 25.1 Å². The van der Waals surface area contributed by atoms with Crippen molar-refractivity contribution in [2.45, 2.75) is 39.5 Å². The van der Waals surface area contributed by atoms with E-state index in [9.17, 15) is 14.4 Å². The van der Waals surface area contributed by atoms with Crippen LogP contribution in [0.4, 0.5) is 5.69 Å². The molecule has 2 heterocycles. The number of imide groups is 1. The molecular formula is C24H26N2O4. The van der Waals surface area contributed by atoms with Gasteiger partial charge in [0, 0.05) is 19.5 Å². The highest BCUT2D eigenvalue weighted by atomic mass is 16.5. The Morgan fingerprint density at radius 2 is 1.83 bits per heavy atom. The highest BCUT2D eigenvalue weighted by molar-refractivity contribution is 6.21. The molecule has 2 aromatic carbocycles. The third kappa shape index (κ3) is 3.36. The molecule has 0 fully saturated rings. The van der Waals surface area contributed by atoms with Gasteiger partial charge in [0.05, 0.1) is 23.9 Å². The first-order chi connectivity index (χ1) is 14.4. The molecule has 0 saturated carbocycles. The quantitative estimate of drug-likeness (QED) is 0.711. The maximum Gasteiger partial charge on any atom is 0.261 e. The maximum atomic E-state index is 13.0. The molecule has 6 heteroatoms. The van der Waals surface area contributed by atoms with Crippen LogP contribution in [0, 0.1) is 13.8 Å². The Balaban J connectivity index is 1.44. The van der Waals surface area contributed by atoms with E-state index in [-0.39, 0.29) is 30.7 Å². The van der Waals surface area contributed by atoms with Crippen LogP contribution >= 0.6 is 0 Å². The van der Waals surface area contributed by atoms with Gasteiger partial charge in [-0.25, -0.2) is 0 Å². The molecule has 2 aliphatic rings. The summed E-state index contributed by atoms with van der Waals surface area (Å²) in [6, 6.07) is 9.21. The molecule has 0 N–H and O–H groups in total. The van der Waals surface area contributed by atoms with E-state index in [1.807, 2.05) is 25.1 Å². The van der Waals surface area contributed by atoms with Gasteiger partial charge in [-0.3, -0.25) is 19.3 Å². The molecule has 0 bridgehead atoms. The molecular weight excluding hydrogens is 380 g/mol. The Hall–Kier alpha value is -3.15. The van der Waals surface area contributed by atoms with Crippen LogP contribution in [0.3, 0.4) is 0 Å². The molecule has 4 rings (SSSR count).